The molecule has 1 amide bonds. The van der Waals surface area contributed by atoms with Crippen molar-refractivity contribution in [2.24, 2.45) is 11.0 Å². The van der Waals surface area contributed by atoms with Gasteiger partial charge >= 0.3 is 5.97 Å². The molecule has 0 radical (unpaired) electrons. The summed E-state index contributed by atoms with van der Waals surface area (Å²) in [5.41, 5.74) is 4.62. The second-order valence-electron chi connectivity index (χ2n) is 6.36. The Morgan fingerprint density at radius 3 is 2.88 bits per heavy atom. The molecule has 1 heterocycles. The van der Waals surface area contributed by atoms with Gasteiger partial charge in [0, 0.05) is 4.88 Å². The van der Waals surface area contributed by atoms with Crippen LogP contribution < -0.4 is 10.2 Å². The number of benzene rings is 1. The van der Waals surface area contributed by atoms with Crippen LogP contribution in [0.25, 0.3) is 0 Å². The lowest BCUT2D eigenvalue weighted by atomic mass is 9.90. The van der Waals surface area contributed by atoms with Gasteiger partial charge < -0.3 is 9.84 Å². The van der Waals surface area contributed by atoms with Crippen molar-refractivity contribution in [1.29, 1.82) is 0 Å². The van der Waals surface area contributed by atoms with Crippen LogP contribution in [0.4, 0.5) is 0 Å². The Morgan fingerprint density at radius 2 is 2.15 bits per heavy atom. The zero-order valence-corrected chi connectivity index (χ0v) is 15.2. The lowest BCUT2D eigenvalue weighted by Crippen LogP contribution is -2.16. The largest absolute Gasteiger partial charge is 0.482 e. The number of hydrogen-bond acceptors (Lipinski definition) is 5. The second kappa shape index (κ2) is 8.14. The quantitative estimate of drug-likeness (QED) is 0.602. The van der Waals surface area contributed by atoms with Crippen molar-refractivity contribution < 1.29 is 19.4 Å². The second-order valence-corrected chi connectivity index (χ2v) is 7.49. The van der Waals surface area contributed by atoms with E-state index in [0.29, 0.717) is 16.5 Å². The number of nitrogens with zero attached hydrogens (tertiary/aromatic N) is 1. The van der Waals surface area contributed by atoms with Crippen LogP contribution in [0.2, 0.25) is 0 Å². The number of nitrogens with one attached hydrogen (secondary N) is 1. The molecule has 0 saturated carbocycles. The van der Waals surface area contributed by atoms with Gasteiger partial charge in [0.15, 0.2) is 6.61 Å². The summed E-state index contributed by atoms with van der Waals surface area (Å²) >= 11 is 1.55. The minimum absolute atomic E-state index is 0.199. The summed E-state index contributed by atoms with van der Waals surface area (Å²) in [6, 6.07) is 8.76. The van der Waals surface area contributed by atoms with Gasteiger partial charge in [-0.1, -0.05) is 6.92 Å². The van der Waals surface area contributed by atoms with Crippen molar-refractivity contribution in [3.8, 4) is 5.75 Å². The molecule has 0 unspecified atom stereocenters. The number of thiophene rings is 1. The van der Waals surface area contributed by atoms with E-state index in [1.807, 2.05) is 6.07 Å². The molecule has 2 N–H and O–H groups in total. The molecule has 1 aliphatic carbocycles. The average molecular weight is 372 g/mol. The van der Waals surface area contributed by atoms with E-state index >= 15 is 0 Å². The first-order valence-corrected chi connectivity index (χ1v) is 9.22. The predicted molar refractivity (Wildman–Crippen MR) is 100 cm³/mol. The third-order valence-corrected chi connectivity index (χ3v) is 5.41. The lowest BCUT2D eigenvalue weighted by Gasteiger charge is -2.16. The fourth-order valence-corrected chi connectivity index (χ4v) is 3.93. The van der Waals surface area contributed by atoms with Crippen LogP contribution in [0, 0.1) is 5.92 Å². The van der Waals surface area contributed by atoms with Crippen LogP contribution in [0.15, 0.2) is 35.4 Å². The number of aryl methyl sites for hydroxylation is 1. The van der Waals surface area contributed by atoms with Gasteiger partial charge in [0.05, 0.1) is 11.1 Å². The molecule has 0 aliphatic heterocycles. The Kier molecular flexibility index (Phi) is 5.68. The summed E-state index contributed by atoms with van der Waals surface area (Å²) in [6.07, 6.45) is 4.81. The molecule has 0 fully saturated rings. The topological polar surface area (TPSA) is 88.0 Å². The fourth-order valence-electron chi connectivity index (χ4n) is 2.83. The Labute approximate surface area is 155 Å². The Hall–Kier alpha value is -2.67. The number of hydrogen-bond donors (Lipinski definition) is 2. The van der Waals surface area contributed by atoms with Gasteiger partial charge in [-0.15, -0.1) is 11.3 Å². The van der Waals surface area contributed by atoms with Gasteiger partial charge in [0.1, 0.15) is 5.75 Å². The standard InChI is InChI=1S/C19H20N2O4S/c1-12-2-7-16-14(8-12)9-17(26-16)19(24)21-20-10-13-3-5-15(6-4-13)25-11-18(22)23/h3-6,9-10,12H,2,7-8,11H2,1H3,(H,21,24)(H,22,23)/b20-10-/t12-/m0/s1. The van der Waals surface area contributed by atoms with E-state index in [1.54, 1.807) is 35.6 Å². The van der Waals surface area contributed by atoms with Crippen LogP contribution in [0.5, 0.6) is 5.75 Å². The number of carbonyl (C=O) groups is 2. The monoisotopic (exact) mass is 372 g/mol. The molecule has 0 saturated heterocycles. The molecule has 7 heteroatoms. The molecule has 0 bridgehead atoms. The molecule has 0 spiro atoms. The minimum atomic E-state index is -1.02. The zero-order chi connectivity index (χ0) is 18.5. The number of aliphatic carboxylic acids is 1. The highest BCUT2D eigenvalue weighted by Crippen LogP contribution is 2.32. The van der Waals surface area contributed by atoms with Gasteiger partial charge in [-0.25, -0.2) is 10.2 Å². The first-order chi connectivity index (χ1) is 12.5. The summed E-state index contributed by atoms with van der Waals surface area (Å²) in [5, 5.41) is 12.6. The maximum absolute atomic E-state index is 12.2. The summed E-state index contributed by atoms with van der Waals surface area (Å²) in [5.74, 6) is -0.0850. The molecule has 2 aromatic rings. The van der Waals surface area contributed by atoms with E-state index in [4.69, 9.17) is 9.84 Å². The van der Waals surface area contributed by atoms with Crippen molar-refractivity contribution in [3.63, 3.8) is 0 Å². The van der Waals surface area contributed by atoms with E-state index in [-0.39, 0.29) is 12.5 Å². The summed E-state index contributed by atoms with van der Waals surface area (Å²) in [7, 11) is 0. The number of rotatable bonds is 6. The average Bonchev–Trinajstić information content (AvgIpc) is 3.04. The van der Waals surface area contributed by atoms with Crippen LogP contribution in [0.3, 0.4) is 0 Å². The normalized spacial score (nSPS) is 16.3. The molecule has 6 nitrogen and oxygen atoms in total. The maximum Gasteiger partial charge on any atom is 0.341 e. The number of carboxylic acid groups (broad SMARTS) is 1. The Morgan fingerprint density at radius 1 is 1.38 bits per heavy atom. The number of hydrazone groups is 1. The highest BCUT2D eigenvalue weighted by molar-refractivity contribution is 7.14. The third-order valence-electron chi connectivity index (χ3n) is 4.18. The summed E-state index contributed by atoms with van der Waals surface area (Å²) < 4.78 is 5.06. The molecule has 3 rings (SSSR count). The van der Waals surface area contributed by atoms with Gasteiger partial charge in [-0.2, -0.15) is 5.10 Å². The molecule has 1 aromatic heterocycles. The number of amides is 1. The summed E-state index contributed by atoms with van der Waals surface area (Å²) in [6.45, 7) is 1.86. The van der Waals surface area contributed by atoms with Crippen molar-refractivity contribution in [2.75, 3.05) is 6.61 Å². The molecule has 1 aromatic carbocycles. The highest BCUT2D eigenvalue weighted by Gasteiger charge is 2.20. The SMILES string of the molecule is C[C@H]1CCc2sc(C(=O)N/N=C\c3ccc(OCC(=O)O)cc3)cc2C1. The van der Waals surface area contributed by atoms with Gasteiger partial charge in [0.2, 0.25) is 0 Å². The smallest absolute Gasteiger partial charge is 0.341 e. The third kappa shape index (κ3) is 4.70. The van der Waals surface area contributed by atoms with Crippen LogP contribution in [0.1, 0.15) is 39.0 Å². The number of carboxylic acids is 1. The first kappa shape index (κ1) is 18.1. The van der Waals surface area contributed by atoms with Crippen LogP contribution in [-0.4, -0.2) is 29.8 Å². The van der Waals surface area contributed by atoms with Crippen molar-refractivity contribution in [3.05, 3.63) is 51.2 Å². The highest BCUT2D eigenvalue weighted by atomic mass is 32.1. The van der Waals surface area contributed by atoms with Crippen LogP contribution in [-0.2, 0) is 17.6 Å². The van der Waals surface area contributed by atoms with E-state index in [0.717, 1.165) is 18.4 Å². The van der Waals surface area contributed by atoms with E-state index in [9.17, 15) is 9.59 Å². The van der Waals surface area contributed by atoms with Gasteiger partial charge in [0.25, 0.3) is 5.91 Å². The van der Waals surface area contributed by atoms with E-state index in [1.165, 1.54) is 23.1 Å². The fraction of sp³-hybridized carbons (Fsp3) is 0.316. The molecule has 26 heavy (non-hydrogen) atoms. The predicted octanol–water partition coefficient (Wildman–Crippen LogP) is 3.10. The molecular formula is C19H20N2O4S. The van der Waals surface area contributed by atoms with Crippen molar-refractivity contribution >= 4 is 29.4 Å². The number of ether oxygens (including phenoxy) is 1. The van der Waals surface area contributed by atoms with E-state index < -0.39 is 5.97 Å². The van der Waals surface area contributed by atoms with Crippen molar-refractivity contribution in [1.82, 2.24) is 5.43 Å². The molecule has 1 atom stereocenters. The van der Waals surface area contributed by atoms with Gasteiger partial charge in [-0.05, 0) is 66.6 Å². The number of fused-ring (bicyclic) bond motifs is 1. The molecule has 136 valence electrons. The molecular weight excluding hydrogens is 352 g/mol. The van der Waals surface area contributed by atoms with Gasteiger partial charge in [-0.3, -0.25) is 4.79 Å². The van der Waals surface area contributed by atoms with E-state index in [2.05, 4.69) is 17.5 Å². The van der Waals surface area contributed by atoms with Crippen molar-refractivity contribution in [2.45, 2.75) is 26.2 Å². The summed E-state index contributed by atoms with van der Waals surface area (Å²) in [4.78, 5) is 24.7. The Bertz CT molecular complexity index is 827. The Balaban J connectivity index is 1.55. The van der Waals surface area contributed by atoms with Crippen LogP contribution >= 0.6 is 11.3 Å². The lowest BCUT2D eigenvalue weighted by molar-refractivity contribution is -0.139. The minimum Gasteiger partial charge on any atom is -0.482 e. The molecule has 1 aliphatic rings. The maximum atomic E-state index is 12.2. The number of carbonyl (C=O) groups excluding carboxylic acids is 1. The zero-order valence-electron chi connectivity index (χ0n) is 14.4. The first-order valence-electron chi connectivity index (χ1n) is 8.41.